The third-order valence-electron chi connectivity index (χ3n) is 2.63. The zero-order valence-corrected chi connectivity index (χ0v) is 10.1. The number of rotatable bonds is 3. The highest BCUT2D eigenvalue weighted by Crippen LogP contribution is 2.31. The molecule has 0 saturated carbocycles. The van der Waals surface area contributed by atoms with Gasteiger partial charge in [-0.25, -0.2) is 9.97 Å². The molecule has 0 spiro atoms. The van der Waals surface area contributed by atoms with Crippen LogP contribution < -0.4 is 4.90 Å². The highest BCUT2D eigenvalue weighted by atomic mass is 16.6. The fourth-order valence-electron chi connectivity index (χ4n) is 1.69. The van der Waals surface area contributed by atoms with Gasteiger partial charge in [0, 0.05) is 12.7 Å². The Balaban J connectivity index is 2.52. The molecule has 0 fully saturated rings. The normalized spacial score (nSPS) is 10.1. The maximum Gasteiger partial charge on any atom is 0.332 e. The molecule has 1 aromatic carbocycles. The number of hydrogen-bond donors (Lipinski definition) is 0. The van der Waals surface area contributed by atoms with Crippen molar-refractivity contribution in [3.05, 3.63) is 52.5 Å². The molecule has 0 aliphatic heterocycles. The summed E-state index contributed by atoms with van der Waals surface area (Å²) >= 11 is 0. The highest BCUT2D eigenvalue weighted by molar-refractivity contribution is 5.68. The van der Waals surface area contributed by atoms with Crippen molar-refractivity contribution in [2.75, 3.05) is 11.9 Å². The summed E-state index contributed by atoms with van der Waals surface area (Å²) < 4.78 is 0. The van der Waals surface area contributed by atoms with E-state index < -0.39 is 4.92 Å². The maximum absolute atomic E-state index is 11.1. The van der Waals surface area contributed by atoms with Crippen LogP contribution in [0.15, 0.2) is 36.7 Å². The lowest BCUT2D eigenvalue weighted by Gasteiger charge is -2.18. The molecule has 2 rings (SSSR count). The predicted octanol–water partition coefficient (Wildman–Crippen LogP) is 2.46. The van der Waals surface area contributed by atoms with Crippen LogP contribution in [-0.2, 0) is 0 Å². The molecule has 2 aromatic rings. The quantitative estimate of drug-likeness (QED) is 0.612. The smallest absolute Gasteiger partial charge is 0.324 e. The first-order valence-electron chi connectivity index (χ1n) is 5.36. The molecule has 1 heterocycles. The van der Waals surface area contributed by atoms with Crippen LogP contribution in [0.25, 0.3) is 0 Å². The summed E-state index contributed by atoms with van der Waals surface area (Å²) in [6, 6.07) is 9.34. The number of para-hydroxylation sites is 1. The van der Waals surface area contributed by atoms with Crippen LogP contribution in [0.2, 0.25) is 0 Å². The zero-order chi connectivity index (χ0) is 13.1. The lowest BCUT2D eigenvalue weighted by atomic mass is 10.2. The molecular formula is C12H12N4O2. The highest BCUT2D eigenvalue weighted by Gasteiger charge is 2.23. The van der Waals surface area contributed by atoms with Crippen molar-refractivity contribution in [3.63, 3.8) is 0 Å². The third kappa shape index (κ3) is 2.13. The molecule has 0 amide bonds. The van der Waals surface area contributed by atoms with E-state index in [0.717, 1.165) is 5.69 Å². The molecule has 0 aliphatic carbocycles. The Labute approximate surface area is 104 Å². The van der Waals surface area contributed by atoms with Gasteiger partial charge in [0.2, 0.25) is 5.82 Å². The van der Waals surface area contributed by atoms with Crippen molar-refractivity contribution in [3.8, 4) is 0 Å². The second-order valence-electron chi connectivity index (χ2n) is 3.78. The van der Waals surface area contributed by atoms with E-state index in [2.05, 4.69) is 9.97 Å². The minimum Gasteiger partial charge on any atom is -0.324 e. The Morgan fingerprint density at radius 2 is 1.89 bits per heavy atom. The molecule has 18 heavy (non-hydrogen) atoms. The average molecular weight is 244 g/mol. The summed E-state index contributed by atoms with van der Waals surface area (Å²) in [5.74, 6) is 0.290. The number of nitrogens with zero attached hydrogens (tertiary/aromatic N) is 4. The summed E-state index contributed by atoms with van der Waals surface area (Å²) in [5.41, 5.74) is 1.12. The van der Waals surface area contributed by atoms with Gasteiger partial charge in [-0.3, -0.25) is 10.1 Å². The van der Waals surface area contributed by atoms with Gasteiger partial charge in [0.15, 0.2) is 0 Å². The molecule has 6 heteroatoms. The van der Waals surface area contributed by atoms with Gasteiger partial charge in [0.05, 0.1) is 4.92 Å². The Morgan fingerprint density at radius 3 is 2.50 bits per heavy atom. The molecule has 1 aromatic heterocycles. The molecule has 0 aliphatic rings. The van der Waals surface area contributed by atoms with Gasteiger partial charge in [-0.1, -0.05) is 18.2 Å². The lowest BCUT2D eigenvalue weighted by Crippen LogP contribution is -2.14. The fraction of sp³-hybridized carbons (Fsp3) is 0.167. The summed E-state index contributed by atoms with van der Waals surface area (Å²) in [4.78, 5) is 20.2. The SMILES string of the molecule is Cc1ncnc(N(C)c2ccccc2)c1[N+](=O)[O-]. The van der Waals surface area contributed by atoms with E-state index in [1.807, 2.05) is 30.3 Å². The van der Waals surface area contributed by atoms with E-state index in [1.54, 1.807) is 18.9 Å². The van der Waals surface area contributed by atoms with Gasteiger partial charge < -0.3 is 4.90 Å². The average Bonchev–Trinajstić information content (AvgIpc) is 2.38. The topological polar surface area (TPSA) is 72.2 Å². The number of aryl methyl sites for hydroxylation is 1. The minimum absolute atomic E-state index is 0.0659. The largest absolute Gasteiger partial charge is 0.332 e. The van der Waals surface area contributed by atoms with Crippen LogP contribution in [0.1, 0.15) is 5.69 Å². The van der Waals surface area contributed by atoms with E-state index in [0.29, 0.717) is 11.5 Å². The standard InChI is InChI=1S/C12H12N4O2/c1-9-11(16(17)18)12(14-8-13-9)15(2)10-6-4-3-5-7-10/h3-8H,1-2H3. The van der Waals surface area contributed by atoms with Gasteiger partial charge in [-0.2, -0.15) is 0 Å². The number of anilines is 2. The molecule has 0 bridgehead atoms. The number of nitro groups is 1. The molecule has 6 nitrogen and oxygen atoms in total. The summed E-state index contributed by atoms with van der Waals surface area (Å²) in [5, 5.41) is 11.1. The number of aromatic nitrogens is 2. The van der Waals surface area contributed by atoms with Crippen molar-refractivity contribution in [2.45, 2.75) is 6.92 Å². The molecule has 0 N–H and O–H groups in total. The Kier molecular flexibility index (Phi) is 3.18. The van der Waals surface area contributed by atoms with Crippen molar-refractivity contribution in [1.82, 2.24) is 9.97 Å². The van der Waals surface area contributed by atoms with E-state index in [-0.39, 0.29) is 5.69 Å². The predicted molar refractivity (Wildman–Crippen MR) is 67.9 cm³/mol. The Hall–Kier alpha value is -2.50. The summed E-state index contributed by atoms with van der Waals surface area (Å²) in [6.45, 7) is 1.60. The van der Waals surface area contributed by atoms with Gasteiger partial charge in [0.1, 0.15) is 12.0 Å². The van der Waals surface area contributed by atoms with Gasteiger partial charge in [-0.15, -0.1) is 0 Å². The van der Waals surface area contributed by atoms with E-state index >= 15 is 0 Å². The second kappa shape index (κ2) is 4.79. The lowest BCUT2D eigenvalue weighted by molar-refractivity contribution is -0.385. The van der Waals surface area contributed by atoms with Crippen molar-refractivity contribution in [1.29, 1.82) is 0 Å². The zero-order valence-electron chi connectivity index (χ0n) is 10.1. The Bertz CT molecular complexity index is 572. The van der Waals surface area contributed by atoms with Crippen molar-refractivity contribution >= 4 is 17.2 Å². The van der Waals surface area contributed by atoms with Crippen LogP contribution in [0.3, 0.4) is 0 Å². The molecule has 92 valence electrons. The minimum atomic E-state index is -0.454. The second-order valence-corrected chi connectivity index (χ2v) is 3.78. The first kappa shape index (κ1) is 12.0. The van der Waals surface area contributed by atoms with E-state index in [4.69, 9.17) is 0 Å². The van der Waals surface area contributed by atoms with Gasteiger partial charge in [-0.05, 0) is 19.1 Å². The monoisotopic (exact) mass is 244 g/mol. The fourth-order valence-corrected chi connectivity index (χ4v) is 1.69. The first-order chi connectivity index (χ1) is 8.61. The van der Waals surface area contributed by atoms with Crippen LogP contribution in [0.5, 0.6) is 0 Å². The third-order valence-corrected chi connectivity index (χ3v) is 2.63. The number of benzene rings is 1. The summed E-state index contributed by atoms with van der Waals surface area (Å²) in [6.07, 6.45) is 1.33. The Morgan fingerprint density at radius 1 is 1.22 bits per heavy atom. The number of hydrogen-bond acceptors (Lipinski definition) is 5. The molecule has 0 unspecified atom stereocenters. The maximum atomic E-state index is 11.1. The van der Waals surface area contributed by atoms with Crippen LogP contribution in [-0.4, -0.2) is 21.9 Å². The van der Waals surface area contributed by atoms with Gasteiger partial charge >= 0.3 is 5.69 Å². The van der Waals surface area contributed by atoms with Crippen molar-refractivity contribution in [2.24, 2.45) is 0 Å². The molecule has 0 atom stereocenters. The van der Waals surface area contributed by atoms with E-state index in [9.17, 15) is 10.1 Å². The van der Waals surface area contributed by atoms with Crippen molar-refractivity contribution < 1.29 is 4.92 Å². The molecular weight excluding hydrogens is 232 g/mol. The van der Waals surface area contributed by atoms with Crippen LogP contribution in [0, 0.1) is 17.0 Å². The van der Waals surface area contributed by atoms with Crippen LogP contribution >= 0.6 is 0 Å². The molecule has 0 saturated heterocycles. The summed E-state index contributed by atoms with van der Waals surface area (Å²) in [7, 11) is 1.74. The van der Waals surface area contributed by atoms with Crippen LogP contribution in [0.4, 0.5) is 17.2 Å². The first-order valence-corrected chi connectivity index (χ1v) is 5.36. The van der Waals surface area contributed by atoms with Gasteiger partial charge in [0.25, 0.3) is 0 Å². The molecule has 0 radical (unpaired) electrons. The van der Waals surface area contributed by atoms with E-state index in [1.165, 1.54) is 6.33 Å².